The lowest BCUT2D eigenvalue weighted by molar-refractivity contribution is 0.120. The molecule has 1 aliphatic carbocycles. The van der Waals surface area contributed by atoms with Crippen molar-refractivity contribution in [3.05, 3.63) is 30.3 Å². The zero-order valence-electron chi connectivity index (χ0n) is 10.3. The second-order valence-corrected chi connectivity index (χ2v) is 6.04. The molecule has 0 spiro atoms. The van der Waals surface area contributed by atoms with Gasteiger partial charge in [-0.25, -0.2) is 0 Å². The summed E-state index contributed by atoms with van der Waals surface area (Å²) in [6.45, 7) is 0. The predicted molar refractivity (Wildman–Crippen MR) is 74.4 cm³/mol. The molecule has 0 aliphatic heterocycles. The van der Waals surface area contributed by atoms with Crippen LogP contribution in [0.25, 0.3) is 0 Å². The van der Waals surface area contributed by atoms with E-state index >= 15 is 0 Å². The Labute approximate surface area is 109 Å². The van der Waals surface area contributed by atoms with Crippen molar-refractivity contribution in [1.29, 1.82) is 0 Å². The lowest BCUT2D eigenvalue weighted by Crippen LogP contribution is -2.22. The minimum absolute atomic E-state index is 0.127. The Morgan fingerprint density at radius 3 is 2.35 bits per heavy atom. The Balaban J connectivity index is 1.78. The van der Waals surface area contributed by atoms with Crippen LogP contribution in [0, 0.1) is 5.92 Å². The topological polar surface area (TPSA) is 20.2 Å². The highest BCUT2D eigenvalue weighted by molar-refractivity contribution is 7.99. The molecule has 1 saturated carbocycles. The average molecular weight is 250 g/mol. The first-order chi connectivity index (χ1) is 8.36. The van der Waals surface area contributed by atoms with Crippen molar-refractivity contribution in [1.82, 2.24) is 0 Å². The van der Waals surface area contributed by atoms with Crippen molar-refractivity contribution >= 4 is 11.8 Å². The fourth-order valence-electron chi connectivity index (χ4n) is 2.53. The van der Waals surface area contributed by atoms with Crippen molar-refractivity contribution in [2.75, 3.05) is 5.75 Å². The highest BCUT2D eigenvalue weighted by Gasteiger charge is 2.20. The smallest absolute Gasteiger partial charge is 0.0662 e. The standard InChI is InChI=1S/C15H22OS/c16-15(13-8-4-1-2-5-9-13)12-17-14-10-6-3-7-11-14/h3,6-7,10-11,13,15-16H,1-2,4-5,8-9,12H2. The van der Waals surface area contributed by atoms with E-state index in [9.17, 15) is 5.11 Å². The summed E-state index contributed by atoms with van der Waals surface area (Å²) in [4.78, 5) is 1.26. The van der Waals surface area contributed by atoms with E-state index in [-0.39, 0.29) is 6.10 Å². The number of hydrogen-bond donors (Lipinski definition) is 1. The molecule has 1 fully saturated rings. The zero-order valence-corrected chi connectivity index (χ0v) is 11.2. The van der Waals surface area contributed by atoms with Crippen LogP contribution in [0.2, 0.25) is 0 Å². The summed E-state index contributed by atoms with van der Waals surface area (Å²) in [6, 6.07) is 10.4. The van der Waals surface area contributed by atoms with Gasteiger partial charge in [0.25, 0.3) is 0 Å². The number of benzene rings is 1. The molecule has 0 amide bonds. The van der Waals surface area contributed by atoms with E-state index in [0.717, 1.165) is 5.75 Å². The summed E-state index contributed by atoms with van der Waals surface area (Å²) in [5.41, 5.74) is 0. The number of aliphatic hydroxyl groups excluding tert-OH is 1. The molecule has 1 aromatic carbocycles. The first-order valence-electron chi connectivity index (χ1n) is 6.72. The molecule has 0 radical (unpaired) electrons. The van der Waals surface area contributed by atoms with Gasteiger partial charge in [0.1, 0.15) is 0 Å². The fraction of sp³-hybridized carbons (Fsp3) is 0.600. The Morgan fingerprint density at radius 1 is 1.06 bits per heavy atom. The molecule has 1 N–H and O–H groups in total. The fourth-order valence-corrected chi connectivity index (χ4v) is 3.52. The van der Waals surface area contributed by atoms with E-state index < -0.39 is 0 Å². The van der Waals surface area contributed by atoms with E-state index in [0.29, 0.717) is 5.92 Å². The number of thioether (sulfide) groups is 1. The van der Waals surface area contributed by atoms with Crippen LogP contribution in [-0.4, -0.2) is 17.0 Å². The van der Waals surface area contributed by atoms with Gasteiger partial charge in [0, 0.05) is 10.6 Å². The van der Waals surface area contributed by atoms with Gasteiger partial charge in [0.2, 0.25) is 0 Å². The molecule has 0 aromatic heterocycles. The quantitative estimate of drug-likeness (QED) is 0.641. The van der Waals surface area contributed by atoms with Gasteiger partial charge in [0.05, 0.1) is 6.10 Å². The maximum Gasteiger partial charge on any atom is 0.0662 e. The summed E-state index contributed by atoms with van der Waals surface area (Å²) < 4.78 is 0. The van der Waals surface area contributed by atoms with Crippen molar-refractivity contribution in [3.63, 3.8) is 0 Å². The SMILES string of the molecule is OC(CSc1ccccc1)C1CCCCCC1. The van der Waals surface area contributed by atoms with Crippen LogP contribution in [0.15, 0.2) is 35.2 Å². The molecule has 2 heteroatoms. The van der Waals surface area contributed by atoms with E-state index in [1.165, 1.54) is 43.4 Å². The van der Waals surface area contributed by atoms with Gasteiger partial charge >= 0.3 is 0 Å². The second kappa shape index (κ2) is 7.07. The lowest BCUT2D eigenvalue weighted by Gasteiger charge is -2.20. The van der Waals surface area contributed by atoms with Gasteiger partial charge in [-0.05, 0) is 30.9 Å². The Bertz CT molecular complexity index is 304. The Morgan fingerprint density at radius 2 is 1.71 bits per heavy atom. The first-order valence-corrected chi connectivity index (χ1v) is 7.71. The summed E-state index contributed by atoms with van der Waals surface area (Å²) in [6.07, 6.45) is 7.63. The molecule has 1 unspecified atom stereocenters. The van der Waals surface area contributed by atoms with Crippen LogP contribution in [0.3, 0.4) is 0 Å². The van der Waals surface area contributed by atoms with Gasteiger partial charge in [-0.1, -0.05) is 43.9 Å². The van der Waals surface area contributed by atoms with Crippen LogP contribution < -0.4 is 0 Å². The molecule has 1 nitrogen and oxygen atoms in total. The van der Waals surface area contributed by atoms with Gasteiger partial charge < -0.3 is 5.11 Å². The molecule has 1 aromatic rings. The van der Waals surface area contributed by atoms with E-state index in [2.05, 4.69) is 24.3 Å². The van der Waals surface area contributed by atoms with Crippen molar-refractivity contribution < 1.29 is 5.11 Å². The summed E-state index contributed by atoms with van der Waals surface area (Å²) >= 11 is 1.78. The molecular formula is C15H22OS. The molecule has 0 heterocycles. The summed E-state index contributed by atoms with van der Waals surface area (Å²) in [5.74, 6) is 1.38. The Kier molecular flexibility index (Phi) is 5.40. The molecule has 1 atom stereocenters. The molecule has 1 aliphatic rings. The van der Waals surface area contributed by atoms with E-state index in [1.807, 2.05) is 6.07 Å². The number of aliphatic hydroxyl groups is 1. The highest BCUT2D eigenvalue weighted by atomic mass is 32.2. The average Bonchev–Trinajstić information content (AvgIpc) is 2.66. The normalized spacial score (nSPS) is 19.8. The number of hydrogen-bond acceptors (Lipinski definition) is 2. The minimum atomic E-state index is -0.127. The molecular weight excluding hydrogens is 228 g/mol. The van der Waals surface area contributed by atoms with E-state index in [1.54, 1.807) is 11.8 Å². The third-order valence-corrected chi connectivity index (χ3v) is 4.72. The van der Waals surface area contributed by atoms with Crippen molar-refractivity contribution in [3.8, 4) is 0 Å². The highest BCUT2D eigenvalue weighted by Crippen LogP contribution is 2.28. The largest absolute Gasteiger partial charge is 0.392 e. The van der Waals surface area contributed by atoms with Gasteiger partial charge in [-0.15, -0.1) is 11.8 Å². The predicted octanol–water partition coefficient (Wildman–Crippen LogP) is 4.11. The van der Waals surface area contributed by atoms with Crippen LogP contribution in [0.4, 0.5) is 0 Å². The van der Waals surface area contributed by atoms with Crippen molar-refractivity contribution in [2.24, 2.45) is 5.92 Å². The molecule has 94 valence electrons. The molecule has 0 saturated heterocycles. The maximum atomic E-state index is 10.2. The van der Waals surface area contributed by atoms with E-state index in [4.69, 9.17) is 0 Å². The maximum absolute atomic E-state index is 10.2. The summed E-state index contributed by atoms with van der Waals surface area (Å²) in [5, 5.41) is 10.2. The molecule has 2 rings (SSSR count). The van der Waals surface area contributed by atoms with Crippen LogP contribution in [-0.2, 0) is 0 Å². The van der Waals surface area contributed by atoms with Gasteiger partial charge in [0.15, 0.2) is 0 Å². The second-order valence-electron chi connectivity index (χ2n) is 4.94. The van der Waals surface area contributed by atoms with Gasteiger partial charge in [-0.2, -0.15) is 0 Å². The van der Waals surface area contributed by atoms with Crippen LogP contribution in [0.5, 0.6) is 0 Å². The van der Waals surface area contributed by atoms with Gasteiger partial charge in [-0.3, -0.25) is 0 Å². The van der Waals surface area contributed by atoms with Crippen LogP contribution in [0.1, 0.15) is 38.5 Å². The lowest BCUT2D eigenvalue weighted by atomic mass is 9.95. The number of rotatable bonds is 4. The monoisotopic (exact) mass is 250 g/mol. The molecule has 17 heavy (non-hydrogen) atoms. The third-order valence-electron chi connectivity index (χ3n) is 3.61. The Hall–Kier alpha value is -0.470. The summed E-state index contributed by atoms with van der Waals surface area (Å²) in [7, 11) is 0. The molecule has 0 bridgehead atoms. The van der Waals surface area contributed by atoms with Crippen LogP contribution >= 0.6 is 11.8 Å². The van der Waals surface area contributed by atoms with Crippen molar-refractivity contribution in [2.45, 2.75) is 49.5 Å². The first kappa shape index (κ1) is 13.0. The third kappa shape index (κ3) is 4.36. The zero-order chi connectivity index (χ0) is 11.9. The minimum Gasteiger partial charge on any atom is -0.392 e.